The second-order valence-corrected chi connectivity index (χ2v) is 14.2. The van der Waals surface area contributed by atoms with Crippen LogP contribution >= 0.6 is 0 Å². The van der Waals surface area contributed by atoms with Crippen molar-refractivity contribution in [1.29, 1.82) is 0 Å². The van der Waals surface area contributed by atoms with Gasteiger partial charge < -0.3 is 9.47 Å². The quantitative estimate of drug-likeness (QED) is 0.0413. The van der Waals surface area contributed by atoms with Crippen molar-refractivity contribution in [3.8, 4) is 11.5 Å². The van der Waals surface area contributed by atoms with Crippen LogP contribution in [0.15, 0.2) is 36.6 Å². The van der Waals surface area contributed by atoms with Crippen molar-refractivity contribution in [2.24, 2.45) is 29.6 Å². The normalized spacial score (nSPS) is 27.4. The lowest BCUT2D eigenvalue weighted by molar-refractivity contribution is -0.168. The Labute approximate surface area is 268 Å². The predicted molar refractivity (Wildman–Crippen MR) is 178 cm³/mol. The van der Waals surface area contributed by atoms with Crippen LogP contribution in [0, 0.1) is 29.6 Å². The van der Waals surface area contributed by atoms with Crippen molar-refractivity contribution in [1.82, 2.24) is 0 Å². The molecule has 0 spiro atoms. The van der Waals surface area contributed by atoms with Gasteiger partial charge in [0.2, 0.25) is 0 Å². The van der Waals surface area contributed by atoms with Crippen LogP contribution < -0.4 is 9.62 Å². The van der Waals surface area contributed by atoms with Gasteiger partial charge in [-0.25, -0.2) is 0 Å². The largest absolute Gasteiger partial charge is 0.427 e. The van der Waals surface area contributed by atoms with Crippen LogP contribution in [0.3, 0.4) is 0 Å². The molecule has 0 amide bonds. The smallest absolute Gasteiger partial charge is 0.311 e. The van der Waals surface area contributed by atoms with Crippen LogP contribution in [-0.2, 0) is 14.4 Å². The molecular weight excluding hydrogens is 548 g/mol. The highest BCUT2D eigenvalue weighted by Gasteiger charge is 2.34. The van der Waals surface area contributed by atoms with Gasteiger partial charge in [0.25, 0.3) is 0 Å². The molecule has 248 valence electrons. The Morgan fingerprint density at radius 3 is 1.82 bits per heavy atom. The molecule has 3 aliphatic rings. The van der Waals surface area contributed by atoms with Crippen LogP contribution in [0.25, 0.3) is 0 Å². The van der Waals surface area contributed by atoms with Crippen molar-refractivity contribution >= 4 is 5.97 Å². The maximum absolute atomic E-state index is 11.9. The van der Waals surface area contributed by atoms with Crippen molar-refractivity contribution in [2.75, 3.05) is 6.61 Å². The molecule has 3 aliphatic carbocycles. The SMILES string of the molecule is C=C(CCCCCOC1CCC(C2CCC(C3CCC(CC)CC3)CC2)CC1)OOc1ccc(OC(=O)CCCCC)cc1. The summed E-state index contributed by atoms with van der Waals surface area (Å²) in [6, 6.07) is 6.90. The molecule has 0 heterocycles. The number of carbonyl (C=O) groups excluding carboxylic acids is 1. The topological polar surface area (TPSA) is 54.0 Å². The number of ether oxygens (including phenoxy) is 2. The summed E-state index contributed by atoms with van der Waals surface area (Å²) in [5.74, 6) is 6.55. The summed E-state index contributed by atoms with van der Waals surface area (Å²) in [5.41, 5.74) is 0. The standard InChI is InChI=1S/C39H62O5/c1-4-6-8-12-39(40)42-37-25-27-38(28-26-37)44-43-30(3)11-9-7-10-29-41-36-23-21-35(22-24-36)34-19-17-33(18-20-34)32-15-13-31(5-2)14-16-32/h25-28,31-36H,3-24,29H2,1-2H3. The van der Waals surface area contributed by atoms with E-state index in [1.165, 1.54) is 83.5 Å². The third-order valence-corrected chi connectivity index (χ3v) is 11.1. The number of hydrogen-bond acceptors (Lipinski definition) is 5. The summed E-state index contributed by atoms with van der Waals surface area (Å²) in [6.07, 6.45) is 26.6. The van der Waals surface area contributed by atoms with Gasteiger partial charge in [0, 0.05) is 19.4 Å². The highest BCUT2D eigenvalue weighted by molar-refractivity contribution is 5.72. The minimum absolute atomic E-state index is 0.198. The summed E-state index contributed by atoms with van der Waals surface area (Å²) >= 11 is 0. The van der Waals surface area contributed by atoms with E-state index in [0.29, 0.717) is 29.8 Å². The van der Waals surface area contributed by atoms with E-state index in [1.54, 1.807) is 24.3 Å². The maximum Gasteiger partial charge on any atom is 0.311 e. The molecule has 0 unspecified atom stereocenters. The maximum atomic E-state index is 11.9. The second kappa shape index (κ2) is 19.5. The van der Waals surface area contributed by atoms with Crippen LogP contribution in [-0.4, -0.2) is 18.7 Å². The molecule has 5 heteroatoms. The zero-order valence-electron chi connectivity index (χ0n) is 28.1. The number of allylic oxidation sites excluding steroid dienone is 1. The van der Waals surface area contributed by atoms with Crippen LogP contribution in [0.2, 0.25) is 0 Å². The van der Waals surface area contributed by atoms with Crippen LogP contribution in [0.5, 0.6) is 11.5 Å². The fraction of sp³-hybridized carbons (Fsp3) is 0.769. The molecule has 44 heavy (non-hydrogen) atoms. The first-order valence-corrected chi connectivity index (χ1v) is 18.5. The molecule has 5 nitrogen and oxygen atoms in total. The predicted octanol–water partition coefficient (Wildman–Crippen LogP) is 11.2. The van der Waals surface area contributed by atoms with Gasteiger partial charge in [-0.05, 0) is 137 Å². The average Bonchev–Trinajstić information content (AvgIpc) is 3.06. The van der Waals surface area contributed by atoms with E-state index >= 15 is 0 Å². The lowest BCUT2D eigenvalue weighted by Crippen LogP contribution is -2.31. The number of unbranched alkanes of at least 4 members (excludes halogenated alkanes) is 4. The lowest BCUT2D eigenvalue weighted by Gasteiger charge is -2.41. The molecule has 0 radical (unpaired) electrons. The molecule has 3 fully saturated rings. The number of carbonyl (C=O) groups is 1. The zero-order chi connectivity index (χ0) is 31.0. The molecule has 0 aliphatic heterocycles. The molecule has 1 aromatic carbocycles. The fourth-order valence-electron chi connectivity index (χ4n) is 8.15. The Kier molecular flexibility index (Phi) is 15.4. The number of rotatable bonds is 18. The van der Waals surface area contributed by atoms with E-state index in [9.17, 15) is 4.79 Å². The van der Waals surface area contributed by atoms with Crippen molar-refractivity contribution in [3.63, 3.8) is 0 Å². The van der Waals surface area contributed by atoms with Crippen molar-refractivity contribution < 1.29 is 24.0 Å². The third kappa shape index (κ3) is 12.1. The number of hydrogen-bond donors (Lipinski definition) is 0. The Bertz CT molecular complexity index is 934. The second-order valence-electron chi connectivity index (χ2n) is 14.2. The van der Waals surface area contributed by atoms with Gasteiger partial charge in [-0.1, -0.05) is 59.0 Å². The first kappa shape index (κ1) is 34.9. The first-order chi connectivity index (χ1) is 21.5. The number of esters is 1. The van der Waals surface area contributed by atoms with Gasteiger partial charge >= 0.3 is 5.97 Å². The van der Waals surface area contributed by atoms with E-state index in [-0.39, 0.29) is 5.97 Å². The van der Waals surface area contributed by atoms with E-state index in [2.05, 4.69) is 20.4 Å². The van der Waals surface area contributed by atoms with E-state index in [4.69, 9.17) is 19.2 Å². The summed E-state index contributed by atoms with van der Waals surface area (Å²) in [7, 11) is 0. The molecule has 1 aromatic rings. The minimum Gasteiger partial charge on any atom is -0.427 e. The van der Waals surface area contributed by atoms with Gasteiger partial charge in [0.15, 0.2) is 5.75 Å². The fourth-order valence-corrected chi connectivity index (χ4v) is 8.15. The molecule has 4 rings (SSSR count). The summed E-state index contributed by atoms with van der Waals surface area (Å²) in [6.45, 7) is 9.34. The minimum atomic E-state index is -0.198. The van der Waals surface area contributed by atoms with E-state index in [1.807, 2.05) is 0 Å². The lowest BCUT2D eigenvalue weighted by atomic mass is 9.65. The molecule has 0 aromatic heterocycles. The van der Waals surface area contributed by atoms with Crippen LogP contribution in [0.4, 0.5) is 0 Å². The highest BCUT2D eigenvalue weighted by atomic mass is 17.2. The molecule has 0 saturated heterocycles. The van der Waals surface area contributed by atoms with Crippen molar-refractivity contribution in [3.05, 3.63) is 36.6 Å². The van der Waals surface area contributed by atoms with Gasteiger partial charge in [-0.15, -0.1) is 0 Å². The Morgan fingerprint density at radius 2 is 1.23 bits per heavy atom. The summed E-state index contributed by atoms with van der Waals surface area (Å²) in [4.78, 5) is 22.6. The van der Waals surface area contributed by atoms with Gasteiger partial charge in [-0.3, -0.25) is 14.6 Å². The zero-order valence-corrected chi connectivity index (χ0v) is 28.1. The number of benzene rings is 1. The molecular formula is C39H62O5. The Hall–Kier alpha value is -2.01. The molecule has 0 N–H and O–H groups in total. The molecule has 0 bridgehead atoms. The van der Waals surface area contributed by atoms with Gasteiger partial charge in [-0.2, -0.15) is 0 Å². The third-order valence-electron chi connectivity index (χ3n) is 11.1. The van der Waals surface area contributed by atoms with E-state index in [0.717, 1.165) is 81.1 Å². The average molecular weight is 611 g/mol. The summed E-state index contributed by atoms with van der Waals surface area (Å²) < 4.78 is 11.7. The first-order valence-electron chi connectivity index (χ1n) is 18.5. The molecule has 0 atom stereocenters. The Morgan fingerprint density at radius 1 is 0.682 bits per heavy atom. The van der Waals surface area contributed by atoms with E-state index < -0.39 is 0 Å². The summed E-state index contributed by atoms with van der Waals surface area (Å²) in [5, 5.41) is 0. The van der Waals surface area contributed by atoms with Gasteiger partial charge in [0.1, 0.15) is 11.5 Å². The van der Waals surface area contributed by atoms with Crippen molar-refractivity contribution in [2.45, 2.75) is 155 Å². The Balaban J connectivity index is 0.976. The molecule has 3 saturated carbocycles. The van der Waals surface area contributed by atoms with Gasteiger partial charge in [0.05, 0.1) is 6.10 Å². The monoisotopic (exact) mass is 610 g/mol. The highest BCUT2D eigenvalue weighted by Crippen LogP contribution is 2.45. The van der Waals surface area contributed by atoms with Crippen LogP contribution in [0.1, 0.15) is 149 Å².